The summed E-state index contributed by atoms with van der Waals surface area (Å²) in [5.74, 6) is -1.16. The van der Waals surface area contributed by atoms with Crippen LogP contribution in [-0.4, -0.2) is 18.4 Å². The molecule has 0 saturated carbocycles. The Morgan fingerprint density at radius 1 is 1.12 bits per heavy atom. The largest absolute Gasteiger partial charge is 0.385 e. The summed E-state index contributed by atoms with van der Waals surface area (Å²) in [7, 11) is 0. The number of nitrogens with two attached hydrogens (primary N) is 2. The van der Waals surface area contributed by atoms with Crippen LogP contribution in [0.1, 0.15) is 34.1 Å². The van der Waals surface area contributed by atoms with Crippen molar-refractivity contribution in [2.24, 2.45) is 11.5 Å². The predicted molar refractivity (Wildman–Crippen MR) is 62.3 cm³/mol. The maximum Gasteiger partial charge on any atom is 0.248 e. The summed E-state index contributed by atoms with van der Waals surface area (Å²) in [5, 5.41) is 3.07. The lowest BCUT2D eigenvalue weighted by molar-refractivity contribution is 0.0999. The van der Waals surface area contributed by atoms with E-state index in [0.29, 0.717) is 5.69 Å². The van der Waals surface area contributed by atoms with Gasteiger partial charge in [-0.3, -0.25) is 9.59 Å². The van der Waals surface area contributed by atoms with Crippen molar-refractivity contribution in [3.63, 3.8) is 0 Å². The fourth-order valence-corrected chi connectivity index (χ4v) is 1.28. The quantitative estimate of drug-likeness (QED) is 0.682. The first-order chi connectivity index (χ1) is 7.54. The van der Waals surface area contributed by atoms with Crippen LogP contribution in [0.15, 0.2) is 18.2 Å². The second-order valence-corrected chi connectivity index (χ2v) is 3.45. The van der Waals surface area contributed by atoms with E-state index in [0.717, 1.165) is 13.0 Å². The Labute approximate surface area is 93.8 Å². The molecule has 0 atom stereocenters. The summed E-state index contributed by atoms with van der Waals surface area (Å²) in [6, 6.07) is 4.59. The van der Waals surface area contributed by atoms with Gasteiger partial charge in [0.2, 0.25) is 11.8 Å². The molecule has 0 aromatic heterocycles. The van der Waals surface area contributed by atoms with Gasteiger partial charge in [0.25, 0.3) is 0 Å². The van der Waals surface area contributed by atoms with Gasteiger partial charge in [-0.2, -0.15) is 0 Å². The van der Waals surface area contributed by atoms with E-state index in [4.69, 9.17) is 11.5 Å². The molecule has 2 amide bonds. The Morgan fingerprint density at radius 3 is 2.00 bits per heavy atom. The predicted octanol–water partition coefficient (Wildman–Crippen LogP) is 0.706. The maximum absolute atomic E-state index is 11.0. The molecule has 16 heavy (non-hydrogen) atoms. The topological polar surface area (TPSA) is 98.2 Å². The van der Waals surface area contributed by atoms with E-state index in [1.165, 1.54) is 6.07 Å². The van der Waals surface area contributed by atoms with Gasteiger partial charge < -0.3 is 16.8 Å². The number of rotatable bonds is 5. The Balaban J connectivity index is 3.08. The number of amides is 2. The highest BCUT2D eigenvalue weighted by Crippen LogP contribution is 2.14. The highest BCUT2D eigenvalue weighted by molar-refractivity contribution is 5.99. The van der Waals surface area contributed by atoms with Gasteiger partial charge in [0.1, 0.15) is 0 Å². The number of hydrogen-bond acceptors (Lipinski definition) is 3. The molecule has 0 aliphatic carbocycles. The number of benzene rings is 1. The molecule has 1 aromatic rings. The van der Waals surface area contributed by atoms with E-state index in [1.54, 1.807) is 12.1 Å². The lowest BCUT2D eigenvalue weighted by atomic mass is 10.1. The average Bonchev–Trinajstić information content (AvgIpc) is 2.25. The Bertz CT molecular complexity index is 383. The van der Waals surface area contributed by atoms with Crippen molar-refractivity contribution in [3.8, 4) is 0 Å². The van der Waals surface area contributed by atoms with Crippen LogP contribution in [0.4, 0.5) is 5.69 Å². The molecule has 0 bridgehead atoms. The molecule has 1 rings (SSSR count). The van der Waals surface area contributed by atoms with Crippen LogP contribution in [0.5, 0.6) is 0 Å². The molecule has 0 heterocycles. The Kier molecular flexibility index (Phi) is 3.88. The zero-order chi connectivity index (χ0) is 12.1. The molecular weight excluding hydrogens is 206 g/mol. The summed E-state index contributed by atoms with van der Waals surface area (Å²) >= 11 is 0. The highest BCUT2D eigenvalue weighted by atomic mass is 16.1. The SMILES string of the molecule is CCCNc1cc(C(N)=O)cc(C(N)=O)c1. The van der Waals surface area contributed by atoms with Gasteiger partial charge in [-0.05, 0) is 24.6 Å². The highest BCUT2D eigenvalue weighted by Gasteiger charge is 2.08. The monoisotopic (exact) mass is 221 g/mol. The molecule has 0 spiro atoms. The lowest BCUT2D eigenvalue weighted by Crippen LogP contribution is -2.16. The van der Waals surface area contributed by atoms with Crippen molar-refractivity contribution in [2.45, 2.75) is 13.3 Å². The van der Waals surface area contributed by atoms with Crippen LogP contribution in [0.3, 0.4) is 0 Å². The second kappa shape index (κ2) is 5.16. The summed E-state index contributed by atoms with van der Waals surface area (Å²) in [6.07, 6.45) is 0.937. The number of hydrogen-bond donors (Lipinski definition) is 3. The minimum Gasteiger partial charge on any atom is -0.385 e. The number of carbonyl (C=O) groups excluding carboxylic acids is 2. The Morgan fingerprint density at radius 2 is 1.62 bits per heavy atom. The second-order valence-electron chi connectivity index (χ2n) is 3.45. The van der Waals surface area contributed by atoms with Crippen LogP contribution >= 0.6 is 0 Å². The van der Waals surface area contributed by atoms with Crippen molar-refractivity contribution in [3.05, 3.63) is 29.3 Å². The van der Waals surface area contributed by atoms with E-state index in [2.05, 4.69) is 5.32 Å². The van der Waals surface area contributed by atoms with E-state index >= 15 is 0 Å². The van der Waals surface area contributed by atoms with Crippen molar-refractivity contribution in [2.75, 3.05) is 11.9 Å². The van der Waals surface area contributed by atoms with E-state index in [9.17, 15) is 9.59 Å². The summed E-state index contributed by atoms with van der Waals surface area (Å²) in [5.41, 5.74) is 11.5. The minimum atomic E-state index is -0.581. The molecule has 0 aliphatic heterocycles. The number of anilines is 1. The van der Waals surface area contributed by atoms with Crippen LogP contribution in [0.2, 0.25) is 0 Å². The first-order valence-corrected chi connectivity index (χ1v) is 5.03. The summed E-state index contributed by atoms with van der Waals surface area (Å²) in [6.45, 7) is 2.76. The molecule has 0 radical (unpaired) electrons. The van der Waals surface area contributed by atoms with Gasteiger partial charge in [-0.25, -0.2) is 0 Å². The molecular formula is C11H15N3O2. The standard InChI is InChI=1S/C11H15N3O2/c1-2-3-14-9-5-7(10(12)15)4-8(6-9)11(13)16/h4-6,14H,2-3H2,1H3,(H2,12,15)(H2,13,16). The Hall–Kier alpha value is -2.04. The van der Waals surface area contributed by atoms with Crippen LogP contribution in [0.25, 0.3) is 0 Å². The van der Waals surface area contributed by atoms with Crippen LogP contribution in [0, 0.1) is 0 Å². The summed E-state index contributed by atoms with van der Waals surface area (Å²) < 4.78 is 0. The molecule has 0 unspecified atom stereocenters. The van der Waals surface area contributed by atoms with Crippen LogP contribution < -0.4 is 16.8 Å². The third-order valence-corrected chi connectivity index (χ3v) is 2.08. The smallest absolute Gasteiger partial charge is 0.248 e. The van der Waals surface area contributed by atoms with Gasteiger partial charge in [-0.15, -0.1) is 0 Å². The summed E-state index contributed by atoms with van der Waals surface area (Å²) in [4.78, 5) is 22.1. The third kappa shape index (κ3) is 2.98. The van der Waals surface area contributed by atoms with Gasteiger partial charge in [0.05, 0.1) is 0 Å². The molecule has 0 fully saturated rings. The number of nitrogens with one attached hydrogen (secondary N) is 1. The molecule has 0 aliphatic rings. The minimum absolute atomic E-state index is 0.273. The van der Waals surface area contributed by atoms with Gasteiger partial charge in [0.15, 0.2) is 0 Å². The zero-order valence-electron chi connectivity index (χ0n) is 9.12. The van der Waals surface area contributed by atoms with Crippen molar-refractivity contribution in [1.82, 2.24) is 0 Å². The first kappa shape index (κ1) is 12.0. The molecule has 1 aromatic carbocycles. The van der Waals surface area contributed by atoms with Crippen molar-refractivity contribution < 1.29 is 9.59 Å². The van der Waals surface area contributed by atoms with Gasteiger partial charge in [0, 0.05) is 23.4 Å². The molecule has 5 heteroatoms. The fourth-order valence-electron chi connectivity index (χ4n) is 1.28. The molecule has 86 valence electrons. The first-order valence-electron chi connectivity index (χ1n) is 5.03. The van der Waals surface area contributed by atoms with E-state index in [1.807, 2.05) is 6.92 Å². The van der Waals surface area contributed by atoms with E-state index in [-0.39, 0.29) is 11.1 Å². The zero-order valence-corrected chi connectivity index (χ0v) is 9.12. The van der Waals surface area contributed by atoms with Gasteiger partial charge in [-0.1, -0.05) is 6.92 Å². The molecule has 5 N–H and O–H groups in total. The number of carbonyl (C=O) groups is 2. The molecule has 0 saturated heterocycles. The van der Waals surface area contributed by atoms with Crippen molar-refractivity contribution in [1.29, 1.82) is 0 Å². The lowest BCUT2D eigenvalue weighted by Gasteiger charge is -2.08. The third-order valence-electron chi connectivity index (χ3n) is 2.08. The molecule has 5 nitrogen and oxygen atoms in total. The average molecular weight is 221 g/mol. The van der Waals surface area contributed by atoms with E-state index < -0.39 is 11.8 Å². The van der Waals surface area contributed by atoms with Crippen LogP contribution in [-0.2, 0) is 0 Å². The fraction of sp³-hybridized carbons (Fsp3) is 0.273. The van der Waals surface area contributed by atoms with Crippen molar-refractivity contribution >= 4 is 17.5 Å². The number of primary amides is 2. The maximum atomic E-state index is 11.0. The normalized spacial score (nSPS) is 9.81. The van der Waals surface area contributed by atoms with Gasteiger partial charge >= 0.3 is 0 Å².